The third-order valence-electron chi connectivity index (χ3n) is 7.56. The summed E-state index contributed by atoms with van der Waals surface area (Å²) in [7, 11) is 0. The molecule has 7 heteroatoms. The van der Waals surface area contributed by atoms with E-state index in [0.717, 1.165) is 43.6 Å². The van der Waals surface area contributed by atoms with Gasteiger partial charge < -0.3 is 0 Å². The summed E-state index contributed by atoms with van der Waals surface area (Å²) in [5.74, 6) is 0.237. The van der Waals surface area contributed by atoms with E-state index in [1.807, 2.05) is 29.2 Å². The Labute approximate surface area is 214 Å². The van der Waals surface area contributed by atoms with Gasteiger partial charge in [-0.05, 0) is 61.1 Å². The summed E-state index contributed by atoms with van der Waals surface area (Å²) >= 11 is 1.36. The lowest BCUT2D eigenvalue weighted by Gasteiger charge is -2.36. The van der Waals surface area contributed by atoms with Crippen LogP contribution < -0.4 is 9.80 Å². The van der Waals surface area contributed by atoms with Gasteiger partial charge in [0.15, 0.2) is 0 Å². The summed E-state index contributed by atoms with van der Waals surface area (Å²) in [5.41, 5.74) is 3.60. The molecule has 3 aliphatic heterocycles. The van der Waals surface area contributed by atoms with Crippen LogP contribution in [0, 0.1) is 11.7 Å². The molecule has 2 saturated heterocycles. The number of carbonyl (C=O) groups excluding carboxylic acids is 2. The lowest BCUT2D eigenvalue weighted by molar-refractivity contribution is -0.124. The summed E-state index contributed by atoms with van der Waals surface area (Å²) in [4.78, 5) is 31.9. The van der Waals surface area contributed by atoms with Crippen molar-refractivity contribution in [3.05, 3.63) is 95.8 Å². The second-order valence-corrected chi connectivity index (χ2v) is 10.9. The van der Waals surface area contributed by atoms with Crippen molar-refractivity contribution >= 4 is 35.0 Å². The second kappa shape index (κ2) is 9.37. The van der Waals surface area contributed by atoms with Crippen LogP contribution in [0.25, 0.3) is 0 Å². The van der Waals surface area contributed by atoms with Gasteiger partial charge >= 0.3 is 0 Å². The standard InChI is InChI=1S/C29H28FN3O2S/c30-23-10-12-24(13-11-23)33-27(34)19-36-29(33)25-8-4-5-9-26(25)32(28(29)35)20-31-16-14-22(15-17-31)18-21-6-2-1-3-7-21/h1-13,22H,14-20H2/t29-/m0/s1. The molecule has 5 nitrogen and oxygen atoms in total. The number of rotatable bonds is 5. The number of thioether (sulfide) groups is 1. The Bertz CT molecular complexity index is 1280. The van der Waals surface area contributed by atoms with Crippen molar-refractivity contribution in [3.8, 4) is 0 Å². The van der Waals surface area contributed by atoms with Crippen molar-refractivity contribution < 1.29 is 14.0 Å². The first-order valence-electron chi connectivity index (χ1n) is 12.5. The number of amides is 2. The van der Waals surface area contributed by atoms with E-state index < -0.39 is 4.87 Å². The SMILES string of the molecule is O=C1CS[C@@]2(C(=O)N(CN3CCC(Cc4ccccc4)CC3)c3ccccc32)N1c1ccc(F)cc1. The minimum absolute atomic E-state index is 0.102. The van der Waals surface area contributed by atoms with Crippen molar-refractivity contribution in [2.24, 2.45) is 5.92 Å². The number of carbonyl (C=O) groups is 2. The highest BCUT2D eigenvalue weighted by molar-refractivity contribution is 8.02. The smallest absolute Gasteiger partial charge is 0.269 e. The summed E-state index contributed by atoms with van der Waals surface area (Å²) in [5, 5.41) is 0. The molecule has 0 bridgehead atoms. The summed E-state index contributed by atoms with van der Waals surface area (Å²) in [6.07, 6.45) is 3.28. The molecule has 36 heavy (non-hydrogen) atoms. The van der Waals surface area contributed by atoms with Crippen molar-refractivity contribution in [1.82, 2.24) is 4.90 Å². The quantitative estimate of drug-likeness (QED) is 0.493. The van der Waals surface area contributed by atoms with Crippen molar-refractivity contribution in [2.45, 2.75) is 24.1 Å². The predicted octanol–water partition coefficient (Wildman–Crippen LogP) is 5.02. The Morgan fingerprint density at radius 3 is 2.33 bits per heavy atom. The number of likely N-dealkylation sites (tertiary alicyclic amines) is 1. The lowest BCUT2D eigenvalue weighted by Crippen LogP contribution is -2.52. The number of piperidine rings is 1. The zero-order valence-electron chi connectivity index (χ0n) is 20.0. The molecule has 2 fully saturated rings. The van der Waals surface area contributed by atoms with Gasteiger partial charge in [-0.3, -0.25) is 24.3 Å². The molecule has 6 rings (SSSR count). The highest BCUT2D eigenvalue weighted by atomic mass is 32.2. The molecule has 3 aliphatic rings. The number of halogens is 1. The fourth-order valence-electron chi connectivity index (χ4n) is 5.77. The first kappa shape index (κ1) is 23.3. The fourth-order valence-corrected chi connectivity index (χ4v) is 7.12. The Morgan fingerprint density at radius 1 is 0.889 bits per heavy atom. The Hall–Kier alpha value is -3.16. The van der Waals surface area contributed by atoms with E-state index in [-0.39, 0.29) is 23.4 Å². The van der Waals surface area contributed by atoms with Crippen LogP contribution in [0.1, 0.15) is 24.0 Å². The molecule has 3 heterocycles. The number of fused-ring (bicyclic) bond motifs is 2. The van der Waals surface area contributed by atoms with Gasteiger partial charge in [-0.1, -0.05) is 48.5 Å². The van der Waals surface area contributed by atoms with Gasteiger partial charge in [0.2, 0.25) is 10.8 Å². The third kappa shape index (κ3) is 3.91. The van der Waals surface area contributed by atoms with Gasteiger partial charge in [-0.2, -0.15) is 0 Å². The van der Waals surface area contributed by atoms with Gasteiger partial charge in [0.25, 0.3) is 5.91 Å². The molecule has 3 aromatic rings. The van der Waals surface area contributed by atoms with E-state index in [1.54, 1.807) is 17.0 Å². The molecule has 1 spiro atoms. The van der Waals surface area contributed by atoms with Crippen LogP contribution in [0.3, 0.4) is 0 Å². The van der Waals surface area contributed by atoms with E-state index in [9.17, 15) is 14.0 Å². The monoisotopic (exact) mass is 501 g/mol. The highest BCUT2D eigenvalue weighted by Gasteiger charge is 2.61. The number of hydrogen-bond donors (Lipinski definition) is 0. The zero-order chi connectivity index (χ0) is 24.7. The van der Waals surface area contributed by atoms with Crippen LogP contribution >= 0.6 is 11.8 Å². The molecule has 0 radical (unpaired) electrons. The Balaban J connectivity index is 1.24. The molecule has 0 aromatic heterocycles. The number of nitrogens with zero attached hydrogens (tertiary/aromatic N) is 3. The largest absolute Gasteiger partial charge is 0.295 e. The van der Waals surface area contributed by atoms with Crippen molar-refractivity contribution in [3.63, 3.8) is 0 Å². The molecule has 0 N–H and O–H groups in total. The van der Waals surface area contributed by atoms with E-state index in [0.29, 0.717) is 18.3 Å². The van der Waals surface area contributed by atoms with E-state index in [1.165, 1.54) is 29.5 Å². The molecule has 2 amide bonds. The number of para-hydroxylation sites is 1. The molecule has 0 saturated carbocycles. The van der Waals surface area contributed by atoms with Crippen LogP contribution in [0.2, 0.25) is 0 Å². The Kier molecular flexibility index (Phi) is 6.05. The van der Waals surface area contributed by atoms with Crippen molar-refractivity contribution in [2.75, 3.05) is 35.3 Å². The first-order valence-corrected chi connectivity index (χ1v) is 13.4. The zero-order valence-corrected chi connectivity index (χ0v) is 20.8. The highest BCUT2D eigenvalue weighted by Crippen LogP contribution is 2.55. The molecular formula is C29H28FN3O2S. The Morgan fingerprint density at radius 2 is 1.58 bits per heavy atom. The fraction of sp³-hybridized carbons (Fsp3) is 0.310. The third-order valence-corrected chi connectivity index (χ3v) is 8.95. The minimum atomic E-state index is -1.16. The summed E-state index contributed by atoms with van der Waals surface area (Å²) in [6.45, 7) is 2.37. The van der Waals surface area contributed by atoms with Gasteiger partial charge in [-0.15, -0.1) is 11.8 Å². The van der Waals surface area contributed by atoms with Crippen LogP contribution in [0.15, 0.2) is 78.9 Å². The van der Waals surface area contributed by atoms with Gasteiger partial charge in [0, 0.05) is 24.3 Å². The molecule has 0 aliphatic carbocycles. The second-order valence-electron chi connectivity index (χ2n) is 9.78. The van der Waals surface area contributed by atoms with Gasteiger partial charge in [0.1, 0.15) is 5.82 Å². The van der Waals surface area contributed by atoms with Gasteiger partial charge in [0.05, 0.1) is 18.1 Å². The number of hydrogen-bond acceptors (Lipinski definition) is 4. The molecule has 184 valence electrons. The molecule has 0 unspecified atom stereocenters. The van der Waals surface area contributed by atoms with Crippen molar-refractivity contribution in [1.29, 1.82) is 0 Å². The number of anilines is 2. The minimum Gasteiger partial charge on any atom is -0.295 e. The molecule has 3 aromatic carbocycles. The van der Waals surface area contributed by atoms with Crippen LogP contribution in [-0.2, 0) is 20.9 Å². The van der Waals surface area contributed by atoms with E-state index in [4.69, 9.17) is 0 Å². The lowest BCUT2D eigenvalue weighted by atomic mass is 9.90. The van der Waals surface area contributed by atoms with E-state index in [2.05, 4.69) is 35.2 Å². The maximum atomic E-state index is 14.2. The topological polar surface area (TPSA) is 43.9 Å². The van der Waals surface area contributed by atoms with Crippen LogP contribution in [-0.4, -0.2) is 42.2 Å². The van der Waals surface area contributed by atoms with Crippen LogP contribution in [0.4, 0.5) is 15.8 Å². The molecular weight excluding hydrogens is 473 g/mol. The van der Waals surface area contributed by atoms with Gasteiger partial charge in [-0.25, -0.2) is 4.39 Å². The summed E-state index contributed by atoms with van der Waals surface area (Å²) in [6, 6.07) is 24.2. The first-order chi connectivity index (χ1) is 17.6. The maximum Gasteiger partial charge on any atom is 0.269 e. The predicted molar refractivity (Wildman–Crippen MR) is 141 cm³/mol. The molecule has 1 atom stereocenters. The summed E-state index contributed by atoms with van der Waals surface area (Å²) < 4.78 is 13.6. The number of benzene rings is 3. The average Bonchev–Trinajstić information content (AvgIpc) is 3.37. The average molecular weight is 502 g/mol. The maximum absolute atomic E-state index is 14.2. The van der Waals surface area contributed by atoms with Crippen LogP contribution in [0.5, 0.6) is 0 Å². The normalized spacial score (nSPS) is 22.6. The van der Waals surface area contributed by atoms with E-state index >= 15 is 0 Å².